The van der Waals surface area contributed by atoms with Crippen molar-refractivity contribution in [1.29, 1.82) is 0 Å². The van der Waals surface area contributed by atoms with Crippen molar-refractivity contribution in [3.63, 3.8) is 0 Å². The zero-order chi connectivity index (χ0) is 25.1. The minimum absolute atomic E-state index is 0.0567. The van der Waals surface area contributed by atoms with E-state index < -0.39 is 40.8 Å². The monoisotopic (exact) mass is 509 g/mol. The van der Waals surface area contributed by atoms with Gasteiger partial charge in [0.1, 0.15) is 25.1 Å². The molecule has 0 aliphatic carbocycles. The molecule has 0 spiro atoms. The van der Waals surface area contributed by atoms with Gasteiger partial charge >= 0.3 is 0 Å². The van der Waals surface area contributed by atoms with E-state index in [1.807, 2.05) is 31.2 Å². The number of benzene rings is 2. The molecule has 0 radical (unpaired) electrons. The lowest BCUT2D eigenvalue weighted by Crippen LogP contribution is -2.57. The van der Waals surface area contributed by atoms with Crippen LogP contribution in [-0.2, 0) is 5.75 Å². The summed E-state index contributed by atoms with van der Waals surface area (Å²) in [7, 11) is 0. The first-order valence-electron chi connectivity index (χ1n) is 11.4. The molecule has 2 aromatic carbocycles. The van der Waals surface area contributed by atoms with Gasteiger partial charge in [-0.25, -0.2) is 8.78 Å². The standard InChI is InChI=1S/C26H21F2N3O4S/c1-14-5-4-10-35-19-11-17(27)22(28)16-12-36-20-7-3-2-6-15(20)23(21(16)19)31-13-29(14)26(34)24-25(33)18(32)8-9-30(24)31/h2-9,11,14,23,33H,10,12-13H2,1H3/b5-4-/t14-,23?/m0/s1. The van der Waals surface area contributed by atoms with Crippen molar-refractivity contribution in [2.24, 2.45) is 0 Å². The van der Waals surface area contributed by atoms with Gasteiger partial charge in [0.2, 0.25) is 5.43 Å². The Hall–Kier alpha value is -3.79. The predicted octanol–water partition coefficient (Wildman–Crippen LogP) is 3.92. The SMILES string of the molecule is C[C@H]1/C=C\COc2cc(F)c(F)c3c2C(c2ccccc2SC3)N2CN1C(=O)c1c(O)c(=O)ccn12. The second-order valence-corrected chi connectivity index (χ2v) is 9.87. The summed E-state index contributed by atoms with van der Waals surface area (Å²) < 4.78 is 37.5. The van der Waals surface area contributed by atoms with E-state index in [0.717, 1.165) is 16.5 Å². The Bertz CT molecular complexity index is 1510. The molecule has 1 aromatic heterocycles. The summed E-state index contributed by atoms with van der Waals surface area (Å²) in [5, 5.41) is 12.5. The second-order valence-electron chi connectivity index (χ2n) is 8.85. The molecule has 1 unspecified atom stereocenters. The highest BCUT2D eigenvalue weighted by Crippen LogP contribution is 2.47. The first kappa shape index (κ1) is 22.7. The van der Waals surface area contributed by atoms with Crippen LogP contribution in [0.1, 0.15) is 40.1 Å². The summed E-state index contributed by atoms with van der Waals surface area (Å²) in [6.45, 7) is 1.95. The summed E-state index contributed by atoms with van der Waals surface area (Å²) in [5.74, 6) is -2.76. The Balaban J connectivity index is 1.72. The number of amides is 1. The van der Waals surface area contributed by atoms with Crippen LogP contribution >= 0.6 is 11.8 Å². The number of carbonyl (C=O) groups is 1. The number of carbonyl (C=O) groups excluding carboxylic acids is 1. The third-order valence-corrected chi connectivity index (χ3v) is 7.93. The maximum atomic E-state index is 15.3. The predicted molar refractivity (Wildman–Crippen MR) is 130 cm³/mol. The molecule has 0 saturated carbocycles. The van der Waals surface area contributed by atoms with Crippen molar-refractivity contribution in [2.75, 3.05) is 18.3 Å². The van der Waals surface area contributed by atoms with Crippen molar-refractivity contribution < 1.29 is 23.4 Å². The van der Waals surface area contributed by atoms with E-state index in [0.29, 0.717) is 5.56 Å². The Kier molecular flexibility index (Phi) is 5.29. The molecule has 2 bridgehead atoms. The van der Waals surface area contributed by atoms with Crippen LogP contribution < -0.4 is 15.2 Å². The number of hydrogen-bond donors (Lipinski definition) is 1. The molecule has 1 amide bonds. The molecule has 6 rings (SSSR count). The van der Waals surface area contributed by atoms with Crippen LogP contribution in [0, 0.1) is 11.6 Å². The molecule has 1 N–H and O–H groups in total. The van der Waals surface area contributed by atoms with Crippen LogP contribution in [0.3, 0.4) is 0 Å². The highest BCUT2D eigenvalue weighted by atomic mass is 32.2. The van der Waals surface area contributed by atoms with Crippen LogP contribution in [0.5, 0.6) is 11.5 Å². The first-order chi connectivity index (χ1) is 17.4. The van der Waals surface area contributed by atoms with Gasteiger partial charge in [0, 0.05) is 46.1 Å². The van der Waals surface area contributed by atoms with E-state index >= 15 is 4.39 Å². The number of fused-ring (bicyclic) bond motifs is 7. The lowest BCUT2D eigenvalue weighted by molar-refractivity contribution is 0.0642. The average Bonchev–Trinajstić information content (AvgIpc) is 3.05. The van der Waals surface area contributed by atoms with E-state index in [-0.39, 0.29) is 36.0 Å². The molecule has 0 fully saturated rings. The molecule has 3 aromatic rings. The molecule has 36 heavy (non-hydrogen) atoms. The summed E-state index contributed by atoms with van der Waals surface area (Å²) in [6.07, 6.45) is 4.90. The molecular formula is C26H21F2N3O4S. The number of aromatic nitrogens is 1. The van der Waals surface area contributed by atoms with Crippen LogP contribution in [0.25, 0.3) is 0 Å². The average molecular weight is 510 g/mol. The van der Waals surface area contributed by atoms with E-state index in [1.165, 1.54) is 33.6 Å². The molecule has 184 valence electrons. The van der Waals surface area contributed by atoms with Gasteiger partial charge < -0.3 is 14.7 Å². The summed E-state index contributed by atoms with van der Waals surface area (Å²) in [5.41, 5.74) is 0.540. The molecular weight excluding hydrogens is 488 g/mol. The Morgan fingerprint density at radius 2 is 1.97 bits per heavy atom. The fourth-order valence-corrected chi connectivity index (χ4v) is 6.15. The number of nitrogens with zero attached hydrogens (tertiary/aromatic N) is 3. The van der Waals surface area contributed by atoms with Crippen LogP contribution in [0.15, 0.2) is 64.4 Å². The third kappa shape index (κ3) is 3.31. The number of ether oxygens (including phenoxy) is 1. The van der Waals surface area contributed by atoms with Crippen LogP contribution in [0.4, 0.5) is 8.78 Å². The van der Waals surface area contributed by atoms with Gasteiger partial charge in [0.05, 0.1) is 0 Å². The molecule has 10 heteroatoms. The van der Waals surface area contributed by atoms with Gasteiger partial charge in [-0.3, -0.25) is 19.3 Å². The summed E-state index contributed by atoms with van der Waals surface area (Å²) in [6, 6.07) is 8.63. The molecule has 7 nitrogen and oxygen atoms in total. The molecule has 4 heterocycles. The van der Waals surface area contributed by atoms with Gasteiger partial charge in [-0.1, -0.05) is 24.3 Å². The third-order valence-electron chi connectivity index (χ3n) is 6.81. The molecule has 3 aliphatic heterocycles. The fourth-order valence-electron chi connectivity index (χ4n) is 5.05. The Morgan fingerprint density at radius 3 is 2.81 bits per heavy atom. The lowest BCUT2D eigenvalue weighted by atomic mass is 9.92. The van der Waals surface area contributed by atoms with Gasteiger partial charge in [0.15, 0.2) is 23.1 Å². The number of halogens is 2. The zero-order valence-electron chi connectivity index (χ0n) is 19.1. The van der Waals surface area contributed by atoms with Gasteiger partial charge in [-0.05, 0) is 24.6 Å². The van der Waals surface area contributed by atoms with Crippen molar-refractivity contribution >= 4 is 17.7 Å². The van der Waals surface area contributed by atoms with Crippen LogP contribution in [0.2, 0.25) is 0 Å². The Labute approximate surface area is 209 Å². The van der Waals surface area contributed by atoms with Crippen molar-refractivity contribution in [3.05, 3.63) is 99.0 Å². The van der Waals surface area contributed by atoms with E-state index in [1.54, 1.807) is 17.2 Å². The van der Waals surface area contributed by atoms with Gasteiger partial charge in [-0.15, -0.1) is 11.8 Å². The summed E-state index contributed by atoms with van der Waals surface area (Å²) in [4.78, 5) is 28.2. The van der Waals surface area contributed by atoms with E-state index in [4.69, 9.17) is 4.74 Å². The quantitative estimate of drug-likeness (QED) is 0.463. The number of aromatic hydroxyl groups is 1. The van der Waals surface area contributed by atoms with E-state index in [9.17, 15) is 19.1 Å². The van der Waals surface area contributed by atoms with Crippen molar-refractivity contribution in [2.45, 2.75) is 29.7 Å². The highest BCUT2D eigenvalue weighted by Gasteiger charge is 2.41. The van der Waals surface area contributed by atoms with Crippen LogP contribution in [-0.4, -0.2) is 39.9 Å². The fraction of sp³-hybridized carbons (Fsp3) is 0.231. The minimum Gasteiger partial charge on any atom is -0.502 e. The molecule has 0 saturated heterocycles. The number of rotatable bonds is 0. The Morgan fingerprint density at radius 1 is 1.17 bits per heavy atom. The smallest absolute Gasteiger partial charge is 0.278 e. The highest BCUT2D eigenvalue weighted by molar-refractivity contribution is 7.98. The lowest BCUT2D eigenvalue weighted by Gasteiger charge is -2.45. The number of hydrogen-bond acceptors (Lipinski definition) is 6. The van der Waals surface area contributed by atoms with Gasteiger partial charge in [-0.2, -0.15) is 0 Å². The minimum atomic E-state index is -1.00. The van der Waals surface area contributed by atoms with E-state index in [2.05, 4.69) is 0 Å². The number of pyridine rings is 1. The zero-order valence-corrected chi connectivity index (χ0v) is 20.0. The van der Waals surface area contributed by atoms with Crippen molar-refractivity contribution in [1.82, 2.24) is 9.58 Å². The molecule has 2 atom stereocenters. The number of thioether (sulfide) groups is 1. The topological polar surface area (TPSA) is 75.0 Å². The maximum Gasteiger partial charge on any atom is 0.278 e. The normalized spacial score (nSPS) is 21.4. The summed E-state index contributed by atoms with van der Waals surface area (Å²) >= 11 is 1.39. The largest absolute Gasteiger partial charge is 0.502 e. The molecule has 3 aliphatic rings. The van der Waals surface area contributed by atoms with Gasteiger partial charge in [0.25, 0.3) is 5.91 Å². The van der Waals surface area contributed by atoms with Crippen molar-refractivity contribution in [3.8, 4) is 11.5 Å². The first-order valence-corrected chi connectivity index (χ1v) is 12.4. The maximum absolute atomic E-state index is 15.3. The second kappa shape index (κ2) is 8.41.